The fourth-order valence-electron chi connectivity index (χ4n) is 4.50. The van der Waals surface area contributed by atoms with E-state index in [1.54, 1.807) is 0 Å². The van der Waals surface area contributed by atoms with Gasteiger partial charge in [0.05, 0.1) is 6.10 Å². The Hall–Kier alpha value is -0.860. The van der Waals surface area contributed by atoms with Crippen LogP contribution in [0, 0.1) is 12.8 Å². The Morgan fingerprint density at radius 3 is 2.52 bits per heavy atom. The molecular weight excluding hydrogens is 475 g/mol. The fourth-order valence-corrected chi connectivity index (χ4v) is 4.50. The minimum Gasteiger partial charge on any atom is -0.373 e. The fraction of sp³-hybridized carbons (Fsp3) is 0.696. The van der Waals surface area contributed by atoms with Crippen LogP contribution in [0.1, 0.15) is 55.8 Å². The van der Waals surface area contributed by atoms with Crippen LogP contribution in [0.3, 0.4) is 0 Å². The highest BCUT2D eigenvalue weighted by molar-refractivity contribution is 14.0. The van der Waals surface area contributed by atoms with Gasteiger partial charge in [-0.3, -0.25) is 4.99 Å². The molecule has 0 spiro atoms. The first-order valence-corrected chi connectivity index (χ1v) is 11.0. The molecule has 1 aromatic carbocycles. The van der Waals surface area contributed by atoms with Crippen LogP contribution in [0.5, 0.6) is 0 Å². The van der Waals surface area contributed by atoms with Crippen molar-refractivity contribution in [1.29, 1.82) is 0 Å². The van der Waals surface area contributed by atoms with Gasteiger partial charge < -0.3 is 20.3 Å². The van der Waals surface area contributed by atoms with Gasteiger partial charge in [0.25, 0.3) is 0 Å². The molecule has 1 aromatic rings. The second kappa shape index (κ2) is 12.7. The maximum Gasteiger partial charge on any atom is 0.191 e. The van der Waals surface area contributed by atoms with E-state index in [2.05, 4.69) is 58.8 Å². The molecule has 0 radical (unpaired) electrons. The number of aliphatic imine (C=N–C) groups is 1. The third-order valence-electron chi connectivity index (χ3n) is 6.31. The van der Waals surface area contributed by atoms with Gasteiger partial charge in [0, 0.05) is 45.2 Å². The zero-order chi connectivity index (χ0) is 19.8. The van der Waals surface area contributed by atoms with E-state index in [1.165, 1.54) is 43.2 Å². The summed E-state index contributed by atoms with van der Waals surface area (Å²) in [5.74, 6) is 1.37. The number of nitrogens with zero attached hydrogens (tertiary/aromatic N) is 2. The van der Waals surface area contributed by atoms with E-state index >= 15 is 0 Å². The van der Waals surface area contributed by atoms with Gasteiger partial charge in [-0.25, -0.2) is 0 Å². The standard InChI is InChI=1S/C23H38N4O.HI/c1-18-10-12-19(13-11-18)22-20(7-6-16-28-22)17-26-23(24-2)25-14-15-27(3)21-8-4-5-9-21;/h10-13,20-22H,4-9,14-17H2,1-3H3,(H2,24,25,26);1H. The highest BCUT2D eigenvalue weighted by Crippen LogP contribution is 2.33. The number of ether oxygens (including phenoxy) is 1. The Balaban J connectivity index is 0.00000300. The largest absolute Gasteiger partial charge is 0.373 e. The first kappa shape index (κ1) is 24.4. The molecule has 164 valence electrons. The number of halogens is 1. The molecule has 5 nitrogen and oxygen atoms in total. The molecule has 6 heteroatoms. The van der Waals surface area contributed by atoms with Crippen LogP contribution in [0.15, 0.2) is 29.3 Å². The molecule has 3 rings (SSSR count). The number of nitrogens with one attached hydrogen (secondary N) is 2. The molecule has 2 fully saturated rings. The molecule has 1 heterocycles. The second-order valence-corrected chi connectivity index (χ2v) is 8.40. The average Bonchev–Trinajstić information content (AvgIpc) is 3.26. The minimum absolute atomic E-state index is 0. The van der Waals surface area contributed by atoms with Gasteiger partial charge >= 0.3 is 0 Å². The van der Waals surface area contributed by atoms with Crippen molar-refractivity contribution in [3.63, 3.8) is 0 Å². The number of hydrogen-bond acceptors (Lipinski definition) is 3. The number of benzene rings is 1. The van der Waals surface area contributed by atoms with E-state index in [1.807, 2.05) is 7.05 Å². The molecule has 29 heavy (non-hydrogen) atoms. The average molecular weight is 514 g/mol. The van der Waals surface area contributed by atoms with E-state index in [4.69, 9.17) is 4.74 Å². The third-order valence-corrected chi connectivity index (χ3v) is 6.31. The van der Waals surface area contributed by atoms with Gasteiger partial charge in [-0.15, -0.1) is 24.0 Å². The number of guanidine groups is 1. The summed E-state index contributed by atoms with van der Waals surface area (Å²) in [6.45, 7) is 5.86. The van der Waals surface area contributed by atoms with Crippen LogP contribution in [-0.4, -0.2) is 57.2 Å². The summed E-state index contributed by atoms with van der Waals surface area (Å²) >= 11 is 0. The van der Waals surface area contributed by atoms with E-state index < -0.39 is 0 Å². The summed E-state index contributed by atoms with van der Waals surface area (Å²) in [4.78, 5) is 6.91. The Bertz CT molecular complexity index is 616. The lowest BCUT2D eigenvalue weighted by atomic mass is 9.89. The molecule has 0 bridgehead atoms. The normalized spacial score (nSPS) is 23.1. The smallest absolute Gasteiger partial charge is 0.191 e. The zero-order valence-electron chi connectivity index (χ0n) is 18.3. The lowest BCUT2D eigenvalue weighted by Gasteiger charge is -2.33. The van der Waals surface area contributed by atoms with Crippen molar-refractivity contribution in [3.8, 4) is 0 Å². The summed E-state index contributed by atoms with van der Waals surface area (Å²) in [5.41, 5.74) is 2.58. The molecule has 2 N–H and O–H groups in total. The topological polar surface area (TPSA) is 48.9 Å². The highest BCUT2D eigenvalue weighted by atomic mass is 127. The van der Waals surface area contributed by atoms with Gasteiger partial charge in [0.2, 0.25) is 0 Å². The van der Waals surface area contributed by atoms with Crippen LogP contribution in [0.4, 0.5) is 0 Å². The zero-order valence-corrected chi connectivity index (χ0v) is 20.7. The van der Waals surface area contributed by atoms with E-state index in [-0.39, 0.29) is 30.1 Å². The SMILES string of the molecule is CN=C(NCCN(C)C1CCCC1)NCC1CCCOC1c1ccc(C)cc1.I. The first-order valence-electron chi connectivity index (χ1n) is 11.0. The summed E-state index contributed by atoms with van der Waals surface area (Å²) in [5, 5.41) is 7.02. The van der Waals surface area contributed by atoms with E-state index in [0.717, 1.165) is 44.7 Å². The van der Waals surface area contributed by atoms with Gasteiger partial charge in [-0.05, 0) is 45.2 Å². The molecule has 2 atom stereocenters. The number of likely N-dealkylation sites (N-methyl/N-ethyl adjacent to an activating group) is 1. The van der Waals surface area contributed by atoms with Gasteiger partial charge in [0.1, 0.15) is 0 Å². The van der Waals surface area contributed by atoms with Crippen LogP contribution >= 0.6 is 24.0 Å². The molecular formula is C23H39IN4O. The maximum absolute atomic E-state index is 6.15. The van der Waals surface area contributed by atoms with Gasteiger partial charge in [0.15, 0.2) is 5.96 Å². The van der Waals surface area contributed by atoms with Crippen LogP contribution in [-0.2, 0) is 4.74 Å². The van der Waals surface area contributed by atoms with Gasteiger partial charge in [-0.2, -0.15) is 0 Å². The first-order chi connectivity index (χ1) is 13.7. The van der Waals surface area contributed by atoms with Crippen molar-refractivity contribution in [2.24, 2.45) is 10.9 Å². The molecule has 1 saturated carbocycles. The molecule has 1 saturated heterocycles. The molecule has 0 amide bonds. The predicted molar refractivity (Wildman–Crippen MR) is 132 cm³/mol. The molecule has 1 aliphatic heterocycles. The monoisotopic (exact) mass is 514 g/mol. The van der Waals surface area contributed by atoms with Crippen molar-refractivity contribution >= 4 is 29.9 Å². The maximum atomic E-state index is 6.15. The van der Waals surface area contributed by atoms with Gasteiger partial charge in [-0.1, -0.05) is 42.7 Å². The third kappa shape index (κ3) is 7.40. The Morgan fingerprint density at radius 1 is 1.10 bits per heavy atom. The molecule has 2 unspecified atom stereocenters. The number of aryl methyl sites for hydroxylation is 1. The van der Waals surface area contributed by atoms with Crippen molar-refractivity contribution in [2.75, 3.05) is 40.3 Å². The summed E-state index contributed by atoms with van der Waals surface area (Å²) in [6.07, 6.45) is 7.97. The highest BCUT2D eigenvalue weighted by Gasteiger charge is 2.27. The number of rotatable bonds is 7. The quantitative estimate of drug-likeness (QED) is 0.327. The summed E-state index contributed by atoms with van der Waals surface area (Å²) in [6, 6.07) is 9.55. The second-order valence-electron chi connectivity index (χ2n) is 8.40. The van der Waals surface area contributed by atoms with Crippen molar-refractivity contribution in [3.05, 3.63) is 35.4 Å². The molecule has 2 aliphatic rings. The van der Waals surface area contributed by atoms with Crippen molar-refractivity contribution in [2.45, 2.75) is 57.6 Å². The summed E-state index contributed by atoms with van der Waals surface area (Å²) < 4.78 is 6.15. The Morgan fingerprint density at radius 2 is 1.83 bits per heavy atom. The Labute approximate surface area is 194 Å². The van der Waals surface area contributed by atoms with Crippen LogP contribution < -0.4 is 10.6 Å². The van der Waals surface area contributed by atoms with Crippen LogP contribution in [0.25, 0.3) is 0 Å². The molecule has 0 aromatic heterocycles. The Kier molecular flexibility index (Phi) is 10.7. The van der Waals surface area contributed by atoms with E-state index in [0.29, 0.717) is 5.92 Å². The number of hydrogen-bond donors (Lipinski definition) is 2. The predicted octanol–water partition coefficient (Wildman–Crippen LogP) is 4.12. The minimum atomic E-state index is 0. The lowest BCUT2D eigenvalue weighted by molar-refractivity contribution is -0.0265. The van der Waals surface area contributed by atoms with E-state index in [9.17, 15) is 0 Å². The van der Waals surface area contributed by atoms with Crippen molar-refractivity contribution in [1.82, 2.24) is 15.5 Å². The lowest BCUT2D eigenvalue weighted by Crippen LogP contribution is -2.44. The van der Waals surface area contributed by atoms with Crippen molar-refractivity contribution < 1.29 is 4.74 Å². The molecule has 1 aliphatic carbocycles. The summed E-state index contributed by atoms with van der Waals surface area (Å²) in [7, 11) is 4.10. The van der Waals surface area contributed by atoms with Crippen LogP contribution in [0.2, 0.25) is 0 Å².